The summed E-state index contributed by atoms with van der Waals surface area (Å²) in [5.41, 5.74) is 1.21. The van der Waals surface area contributed by atoms with Crippen LogP contribution in [0.5, 0.6) is 11.5 Å². The Labute approximate surface area is 88.9 Å². The molecule has 0 saturated heterocycles. The summed E-state index contributed by atoms with van der Waals surface area (Å²) in [7, 11) is 1.57. The smallest absolute Gasteiger partial charge is 0.125 e. The number of nitrogens with zero attached hydrogens (tertiary/aromatic N) is 1. The van der Waals surface area contributed by atoms with Crippen molar-refractivity contribution in [2.75, 3.05) is 7.11 Å². The van der Waals surface area contributed by atoms with E-state index in [2.05, 4.69) is 6.07 Å². The van der Waals surface area contributed by atoms with Crippen LogP contribution in [0.25, 0.3) is 0 Å². The van der Waals surface area contributed by atoms with Gasteiger partial charge in [0.2, 0.25) is 0 Å². The number of benzene rings is 1. The first-order valence-corrected chi connectivity index (χ1v) is 4.92. The van der Waals surface area contributed by atoms with E-state index in [0.29, 0.717) is 5.75 Å². The van der Waals surface area contributed by atoms with Crippen molar-refractivity contribution in [2.24, 2.45) is 0 Å². The Morgan fingerprint density at radius 1 is 1.47 bits per heavy atom. The molecule has 1 aromatic carbocycles. The van der Waals surface area contributed by atoms with Crippen molar-refractivity contribution in [1.82, 2.24) is 0 Å². The molecular formula is C12H13NO2. The van der Waals surface area contributed by atoms with Crippen molar-refractivity contribution in [2.45, 2.75) is 25.2 Å². The third kappa shape index (κ3) is 1.42. The predicted molar refractivity (Wildman–Crippen MR) is 55.9 cm³/mol. The molecule has 1 aliphatic carbocycles. The van der Waals surface area contributed by atoms with Crippen LogP contribution < -0.4 is 4.74 Å². The highest BCUT2D eigenvalue weighted by Crippen LogP contribution is 2.49. The Morgan fingerprint density at radius 2 is 2.13 bits per heavy atom. The van der Waals surface area contributed by atoms with E-state index in [0.717, 1.165) is 24.0 Å². The molecule has 1 aliphatic rings. The molecule has 0 aliphatic heterocycles. The average Bonchev–Trinajstić information content (AvgIpc) is 3.02. The zero-order valence-electron chi connectivity index (χ0n) is 8.87. The normalized spacial score (nSPS) is 16.9. The molecule has 78 valence electrons. The molecule has 0 amide bonds. The van der Waals surface area contributed by atoms with Gasteiger partial charge in [0.25, 0.3) is 0 Å². The minimum Gasteiger partial charge on any atom is -0.508 e. The number of ether oxygens (including phenoxy) is 1. The van der Waals surface area contributed by atoms with E-state index in [9.17, 15) is 5.11 Å². The second-order valence-corrected chi connectivity index (χ2v) is 4.02. The van der Waals surface area contributed by atoms with Crippen molar-refractivity contribution in [1.29, 1.82) is 5.26 Å². The van der Waals surface area contributed by atoms with Gasteiger partial charge < -0.3 is 9.84 Å². The molecule has 1 saturated carbocycles. The fraction of sp³-hybridized carbons (Fsp3) is 0.417. The maximum absolute atomic E-state index is 9.71. The summed E-state index contributed by atoms with van der Waals surface area (Å²) in [6.07, 6.45) is 1.74. The van der Waals surface area contributed by atoms with Gasteiger partial charge in [-0.2, -0.15) is 5.26 Å². The van der Waals surface area contributed by atoms with Gasteiger partial charge in [-0.3, -0.25) is 0 Å². The summed E-state index contributed by atoms with van der Waals surface area (Å²) in [5.74, 6) is 0.845. The van der Waals surface area contributed by atoms with Gasteiger partial charge in [0, 0.05) is 5.56 Å². The van der Waals surface area contributed by atoms with Crippen LogP contribution in [0.2, 0.25) is 0 Å². The molecule has 3 nitrogen and oxygen atoms in total. The number of hydrogen-bond donors (Lipinski definition) is 1. The molecule has 0 heterocycles. The van der Waals surface area contributed by atoms with Crippen molar-refractivity contribution in [3.05, 3.63) is 23.3 Å². The zero-order chi connectivity index (χ0) is 11.1. The van der Waals surface area contributed by atoms with Gasteiger partial charge in [-0.15, -0.1) is 0 Å². The Hall–Kier alpha value is -1.69. The topological polar surface area (TPSA) is 53.2 Å². The van der Waals surface area contributed by atoms with Crippen molar-refractivity contribution >= 4 is 0 Å². The first-order chi connectivity index (χ1) is 7.13. The average molecular weight is 203 g/mol. The van der Waals surface area contributed by atoms with Gasteiger partial charge in [0.1, 0.15) is 11.5 Å². The molecule has 1 aromatic rings. The number of rotatable bonds is 2. The van der Waals surface area contributed by atoms with Gasteiger partial charge in [-0.25, -0.2) is 0 Å². The lowest BCUT2D eigenvalue weighted by Gasteiger charge is -2.12. The molecule has 0 aromatic heterocycles. The minimum atomic E-state index is -0.377. The van der Waals surface area contributed by atoms with Crippen LogP contribution in [0.3, 0.4) is 0 Å². The number of phenolic OH excluding ortho intramolecular Hbond substituents is 1. The van der Waals surface area contributed by atoms with Crippen LogP contribution in [-0.2, 0) is 5.41 Å². The van der Waals surface area contributed by atoms with Gasteiger partial charge in [-0.1, -0.05) is 0 Å². The quantitative estimate of drug-likeness (QED) is 0.802. The fourth-order valence-corrected chi connectivity index (χ4v) is 1.75. The molecule has 1 N–H and O–H groups in total. The predicted octanol–water partition coefficient (Wildman–Crippen LogP) is 2.26. The summed E-state index contributed by atoms with van der Waals surface area (Å²) in [6, 6.07) is 5.83. The Balaban J connectivity index is 2.52. The van der Waals surface area contributed by atoms with E-state index in [1.54, 1.807) is 20.1 Å². The van der Waals surface area contributed by atoms with Crippen LogP contribution in [0.1, 0.15) is 24.0 Å². The van der Waals surface area contributed by atoms with Gasteiger partial charge in [-0.05, 0) is 37.5 Å². The highest BCUT2D eigenvalue weighted by atomic mass is 16.5. The molecule has 3 heteroatoms. The Bertz CT molecular complexity index is 442. The zero-order valence-corrected chi connectivity index (χ0v) is 8.87. The van der Waals surface area contributed by atoms with Gasteiger partial charge >= 0.3 is 0 Å². The van der Waals surface area contributed by atoms with Crippen LogP contribution in [-0.4, -0.2) is 12.2 Å². The highest BCUT2D eigenvalue weighted by Gasteiger charge is 2.45. The van der Waals surface area contributed by atoms with E-state index in [1.165, 1.54) is 0 Å². The third-order valence-electron chi connectivity index (χ3n) is 3.07. The maximum atomic E-state index is 9.71. The van der Waals surface area contributed by atoms with Crippen LogP contribution >= 0.6 is 0 Å². The largest absolute Gasteiger partial charge is 0.508 e. The third-order valence-corrected chi connectivity index (χ3v) is 3.07. The number of methoxy groups -OCH3 is 1. The standard InChI is InChI=1S/C12H13NO2/c1-8-10(14)5-9(6-11(8)15-2)12(7-13)3-4-12/h5-6,14H,3-4H2,1-2H3. The first-order valence-electron chi connectivity index (χ1n) is 4.92. The molecule has 1 fully saturated rings. The molecule has 15 heavy (non-hydrogen) atoms. The number of phenols is 1. The van der Waals surface area contributed by atoms with Gasteiger partial charge in [0.05, 0.1) is 18.6 Å². The van der Waals surface area contributed by atoms with Crippen LogP contribution in [0.15, 0.2) is 12.1 Å². The van der Waals surface area contributed by atoms with Crippen LogP contribution in [0, 0.1) is 18.3 Å². The lowest BCUT2D eigenvalue weighted by Crippen LogP contribution is -2.03. The van der Waals surface area contributed by atoms with E-state index in [4.69, 9.17) is 10.00 Å². The highest BCUT2D eigenvalue weighted by molar-refractivity contribution is 5.52. The second-order valence-electron chi connectivity index (χ2n) is 4.02. The molecule has 2 rings (SSSR count). The van der Waals surface area contributed by atoms with E-state index < -0.39 is 0 Å². The lowest BCUT2D eigenvalue weighted by atomic mass is 9.95. The Morgan fingerprint density at radius 3 is 2.60 bits per heavy atom. The maximum Gasteiger partial charge on any atom is 0.125 e. The Kier molecular flexibility index (Phi) is 2.08. The summed E-state index contributed by atoms with van der Waals surface area (Å²) < 4.78 is 5.16. The van der Waals surface area contributed by atoms with E-state index in [-0.39, 0.29) is 11.2 Å². The van der Waals surface area contributed by atoms with Crippen LogP contribution in [0.4, 0.5) is 0 Å². The van der Waals surface area contributed by atoms with E-state index >= 15 is 0 Å². The molecular weight excluding hydrogens is 190 g/mol. The number of aromatic hydroxyl groups is 1. The van der Waals surface area contributed by atoms with E-state index in [1.807, 2.05) is 6.07 Å². The van der Waals surface area contributed by atoms with Crippen molar-refractivity contribution < 1.29 is 9.84 Å². The minimum absolute atomic E-state index is 0.200. The molecule has 0 spiro atoms. The van der Waals surface area contributed by atoms with Gasteiger partial charge in [0.15, 0.2) is 0 Å². The summed E-state index contributed by atoms with van der Waals surface area (Å²) in [4.78, 5) is 0. The summed E-state index contributed by atoms with van der Waals surface area (Å²) in [5, 5.41) is 18.8. The first kappa shape index (κ1) is 9.85. The van der Waals surface area contributed by atoms with Crippen molar-refractivity contribution in [3.63, 3.8) is 0 Å². The molecule has 0 atom stereocenters. The number of hydrogen-bond acceptors (Lipinski definition) is 3. The summed E-state index contributed by atoms with van der Waals surface area (Å²) in [6.45, 7) is 1.80. The summed E-state index contributed by atoms with van der Waals surface area (Å²) >= 11 is 0. The lowest BCUT2D eigenvalue weighted by molar-refractivity contribution is 0.401. The monoisotopic (exact) mass is 203 g/mol. The molecule has 0 bridgehead atoms. The second kappa shape index (κ2) is 3.16. The molecule has 0 unspecified atom stereocenters. The SMILES string of the molecule is COc1cc(C2(C#N)CC2)cc(O)c1C. The fourth-order valence-electron chi connectivity index (χ4n) is 1.75. The number of nitriles is 1. The van der Waals surface area contributed by atoms with Crippen molar-refractivity contribution in [3.8, 4) is 17.6 Å². The molecule has 0 radical (unpaired) electrons.